The summed E-state index contributed by atoms with van der Waals surface area (Å²) in [5, 5.41) is 9.15. The molecule has 1 aliphatic heterocycles. The van der Waals surface area contributed by atoms with Crippen LogP contribution in [0.5, 0.6) is 0 Å². The number of carbonyl (C=O) groups excluding carboxylic acids is 1. The molecule has 1 amide bonds. The average Bonchev–Trinajstić information content (AvgIpc) is 3.04. The Hall–Kier alpha value is -1.87. The third-order valence-electron chi connectivity index (χ3n) is 5.51. The third kappa shape index (κ3) is 2.98. The summed E-state index contributed by atoms with van der Waals surface area (Å²) in [5.74, 6) is 0.865. The number of rotatable bonds is 3. The van der Waals surface area contributed by atoms with E-state index in [2.05, 4.69) is 53.1 Å². The SMILES string of the molecule is O=C(NCc1cccc2ccccc12)C1CC2CCCCC2N1. The van der Waals surface area contributed by atoms with Gasteiger partial charge in [-0.25, -0.2) is 0 Å². The molecule has 1 saturated carbocycles. The second-order valence-corrected chi connectivity index (χ2v) is 6.96. The fourth-order valence-corrected chi connectivity index (χ4v) is 4.27. The summed E-state index contributed by atoms with van der Waals surface area (Å²) in [7, 11) is 0. The molecule has 3 nitrogen and oxygen atoms in total. The number of fused-ring (bicyclic) bond motifs is 2. The van der Waals surface area contributed by atoms with Crippen molar-refractivity contribution in [3.63, 3.8) is 0 Å². The molecule has 2 aromatic carbocycles. The lowest BCUT2D eigenvalue weighted by Crippen LogP contribution is -2.42. The van der Waals surface area contributed by atoms with Crippen molar-refractivity contribution in [2.75, 3.05) is 0 Å². The maximum Gasteiger partial charge on any atom is 0.237 e. The minimum atomic E-state index is -0.00178. The third-order valence-corrected chi connectivity index (χ3v) is 5.51. The molecule has 3 atom stereocenters. The first-order chi connectivity index (χ1) is 11.3. The first-order valence-corrected chi connectivity index (χ1v) is 8.81. The highest BCUT2D eigenvalue weighted by Crippen LogP contribution is 2.33. The van der Waals surface area contributed by atoms with Crippen molar-refractivity contribution in [3.8, 4) is 0 Å². The van der Waals surface area contributed by atoms with Gasteiger partial charge in [0.05, 0.1) is 6.04 Å². The van der Waals surface area contributed by atoms with Gasteiger partial charge in [-0.15, -0.1) is 0 Å². The highest BCUT2D eigenvalue weighted by atomic mass is 16.2. The summed E-state index contributed by atoms with van der Waals surface area (Å²) < 4.78 is 0. The molecule has 0 bridgehead atoms. The zero-order chi connectivity index (χ0) is 15.6. The topological polar surface area (TPSA) is 41.1 Å². The molecule has 1 aliphatic carbocycles. The molecule has 1 heterocycles. The fourth-order valence-electron chi connectivity index (χ4n) is 4.27. The standard InChI is InChI=1S/C20H24N2O/c23-20(19-12-15-7-2-4-11-18(15)22-19)21-13-16-9-5-8-14-6-1-3-10-17(14)16/h1,3,5-6,8-10,15,18-19,22H,2,4,7,11-13H2,(H,21,23). The molecule has 2 aliphatic rings. The molecule has 1 saturated heterocycles. The maximum atomic E-state index is 12.5. The monoisotopic (exact) mass is 308 g/mol. The average molecular weight is 308 g/mol. The Morgan fingerprint density at radius 3 is 2.83 bits per heavy atom. The van der Waals surface area contributed by atoms with E-state index in [4.69, 9.17) is 0 Å². The predicted octanol–water partition coefficient (Wildman–Crippen LogP) is 3.38. The van der Waals surface area contributed by atoms with Crippen molar-refractivity contribution >= 4 is 16.7 Å². The molecule has 2 aromatic rings. The fraction of sp³-hybridized carbons (Fsp3) is 0.450. The van der Waals surface area contributed by atoms with Crippen LogP contribution in [0.15, 0.2) is 42.5 Å². The van der Waals surface area contributed by atoms with Gasteiger partial charge in [0.25, 0.3) is 0 Å². The van der Waals surface area contributed by atoms with Crippen molar-refractivity contribution in [3.05, 3.63) is 48.0 Å². The van der Waals surface area contributed by atoms with Crippen LogP contribution in [0, 0.1) is 5.92 Å². The zero-order valence-electron chi connectivity index (χ0n) is 13.4. The van der Waals surface area contributed by atoms with Gasteiger partial charge in [-0.05, 0) is 41.5 Å². The van der Waals surface area contributed by atoms with E-state index in [0.29, 0.717) is 18.5 Å². The lowest BCUT2D eigenvalue weighted by atomic mass is 9.85. The van der Waals surface area contributed by atoms with Gasteiger partial charge in [0.15, 0.2) is 0 Å². The molecule has 3 heteroatoms. The highest BCUT2D eigenvalue weighted by Gasteiger charge is 2.37. The lowest BCUT2D eigenvalue weighted by molar-refractivity contribution is -0.123. The first kappa shape index (κ1) is 14.7. The molecule has 0 radical (unpaired) electrons. The highest BCUT2D eigenvalue weighted by molar-refractivity contribution is 5.87. The Morgan fingerprint density at radius 2 is 1.91 bits per heavy atom. The summed E-state index contributed by atoms with van der Waals surface area (Å²) in [4.78, 5) is 12.5. The zero-order valence-corrected chi connectivity index (χ0v) is 13.4. The smallest absolute Gasteiger partial charge is 0.237 e. The molecular formula is C20H24N2O. The Balaban J connectivity index is 1.41. The van der Waals surface area contributed by atoms with Crippen LogP contribution in [0.2, 0.25) is 0 Å². The van der Waals surface area contributed by atoms with Crippen LogP contribution in [-0.2, 0) is 11.3 Å². The second-order valence-electron chi connectivity index (χ2n) is 6.96. The molecule has 3 unspecified atom stereocenters. The van der Waals surface area contributed by atoms with E-state index in [1.54, 1.807) is 0 Å². The van der Waals surface area contributed by atoms with E-state index in [-0.39, 0.29) is 11.9 Å². The Bertz CT molecular complexity index is 692. The van der Waals surface area contributed by atoms with Crippen LogP contribution in [0.1, 0.15) is 37.7 Å². The van der Waals surface area contributed by atoms with Crippen LogP contribution in [-0.4, -0.2) is 18.0 Å². The molecular weight excluding hydrogens is 284 g/mol. The van der Waals surface area contributed by atoms with Gasteiger partial charge in [-0.2, -0.15) is 0 Å². The number of amides is 1. The van der Waals surface area contributed by atoms with Crippen molar-refractivity contribution in [1.82, 2.24) is 10.6 Å². The van der Waals surface area contributed by atoms with E-state index in [1.165, 1.54) is 42.0 Å². The van der Waals surface area contributed by atoms with Crippen molar-refractivity contribution in [1.29, 1.82) is 0 Å². The quantitative estimate of drug-likeness (QED) is 0.912. The van der Waals surface area contributed by atoms with E-state index in [0.717, 1.165) is 6.42 Å². The van der Waals surface area contributed by atoms with Crippen molar-refractivity contribution in [2.45, 2.75) is 50.7 Å². The Morgan fingerprint density at radius 1 is 1.09 bits per heavy atom. The summed E-state index contributed by atoms with van der Waals surface area (Å²) >= 11 is 0. The molecule has 0 spiro atoms. The molecule has 2 fully saturated rings. The van der Waals surface area contributed by atoms with Crippen LogP contribution >= 0.6 is 0 Å². The molecule has 120 valence electrons. The van der Waals surface area contributed by atoms with E-state index >= 15 is 0 Å². The maximum absolute atomic E-state index is 12.5. The normalized spacial score (nSPS) is 26.9. The summed E-state index contributed by atoms with van der Waals surface area (Å²) in [5.41, 5.74) is 1.19. The predicted molar refractivity (Wildman–Crippen MR) is 93.1 cm³/mol. The number of benzene rings is 2. The number of nitrogens with one attached hydrogen (secondary N) is 2. The Kier molecular flexibility index (Phi) is 4.04. The molecule has 23 heavy (non-hydrogen) atoms. The van der Waals surface area contributed by atoms with Gasteiger partial charge in [-0.3, -0.25) is 4.79 Å². The van der Waals surface area contributed by atoms with E-state index in [1.807, 2.05) is 0 Å². The van der Waals surface area contributed by atoms with Crippen LogP contribution < -0.4 is 10.6 Å². The summed E-state index contributed by atoms with van der Waals surface area (Å²) in [6.07, 6.45) is 6.15. The number of hydrogen-bond acceptors (Lipinski definition) is 2. The summed E-state index contributed by atoms with van der Waals surface area (Å²) in [6, 6.07) is 15.2. The van der Waals surface area contributed by atoms with Gasteiger partial charge in [0.1, 0.15) is 0 Å². The number of hydrogen-bond donors (Lipinski definition) is 2. The minimum Gasteiger partial charge on any atom is -0.351 e. The number of carbonyl (C=O) groups is 1. The Labute approximate surface area is 137 Å². The first-order valence-electron chi connectivity index (χ1n) is 8.81. The minimum absolute atomic E-state index is 0.00178. The lowest BCUT2D eigenvalue weighted by Gasteiger charge is -2.24. The molecule has 4 rings (SSSR count). The molecule has 2 N–H and O–H groups in total. The van der Waals surface area contributed by atoms with Gasteiger partial charge in [0.2, 0.25) is 5.91 Å². The largest absolute Gasteiger partial charge is 0.351 e. The van der Waals surface area contributed by atoms with Gasteiger partial charge >= 0.3 is 0 Å². The van der Waals surface area contributed by atoms with Crippen LogP contribution in [0.25, 0.3) is 10.8 Å². The second kappa shape index (κ2) is 6.32. The van der Waals surface area contributed by atoms with Gasteiger partial charge in [0, 0.05) is 12.6 Å². The van der Waals surface area contributed by atoms with Gasteiger partial charge in [-0.1, -0.05) is 55.3 Å². The van der Waals surface area contributed by atoms with Crippen molar-refractivity contribution < 1.29 is 4.79 Å². The van der Waals surface area contributed by atoms with E-state index < -0.39 is 0 Å². The molecule has 0 aromatic heterocycles. The van der Waals surface area contributed by atoms with Gasteiger partial charge < -0.3 is 10.6 Å². The summed E-state index contributed by atoms with van der Waals surface area (Å²) in [6.45, 7) is 0.605. The van der Waals surface area contributed by atoms with Crippen molar-refractivity contribution in [2.24, 2.45) is 5.92 Å². The van der Waals surface area contributed by atoms with Crippen LogP contribution in [0.3, 0.4) is 0 Å². The van der Waals surface area contributed by atoms with Crippen LogP contribution in [0.4, 0.5) is 0 Å². The van der Waals surface area contributed by atoms with E-state index in [9.17, 15) is 4.79 Å².